The van der Waals surface area contributed by atoms with Gasteiger partial charge in [-0.25, -0.2) is 8.78 Å². The third kappa shape index (κ3) is 5.07. The number of aromatic nitrogens is 3. The van der Waals surface area contributed by atoms with E-state index < -0.39 is 11.6 Å². The molecular formula is C34H34F2N6O3. The number of ether oxygens (including phenoxy) is 1. The summed E-state index contributed by atoms with van der Waals surface area (Å²) in [6.07, 6.45) is 12.2. The van der Waals surface area contributed by atoms with Crippen molar-refractivity contribution in [3.63, 3.8) is 0 Å². The highest BCUT2D eigenvalue weighted by Gasteiger charge is 2.45. The maximum Gasteiger partial charge on any atom is 0.319 e. The summed E-state index contributed by atoms with van der Waals surface area (Å²) >= 11 is 0. The van der Waals surface area contributed by atoms with Crippen molar-refractivity contribution in [1.82, 2.24) is 24.8 Å². The lowest BCUT2D eigenvalue weighted by atomic mass is 9.95. The van der Waals surface area contributed by atoms with Crippen LogP contribution >= 0.6 is 0 Å². The minimum atomic E-state index is -0.762. The zero-order chi connectivity index (χ0) is 31.3. The Morgan fingerprint density at radius 3 is 2.62 bits per heavy atom. The Morgan fingerprint density at radius 2 is 1.87 bits per heavy atom. The summed E-state index contributed by atoms with van der Waals surface area (Å²) in [6, 6.07) is 5.54. The molecule has 4 aromatic rings. The number of carbonyl (C=O) groups is 1. The van der Waals surface area contributed by atoms with Gasteiger partial charge in [-0.1, -0.05) is 12.0 Å². The highest BCUT2D eigenvalue weighted by molar-refractivity contribution is 6.03. The number of phenols is 1. The van der Waals surface area contributed by atoms with Crippen LogP contribution in [0.5, 0.6) is 11.8 Å². The summed E-state index contributed by atoms with van der Waals surface area (Å²) in [6.45, 7) is 6.24. The van der Waals surface area contributed by atoms with E-state index in [9.17, 15) is 14.3 Å². The molecule has 0 aliphatic carbocycles. The van der Waals surface area contributed by atoms with E-state index in [1.807, 2.05) is 4.90 Å². The number of amides is 1. The molecule has 1 N–H and O–H groups in total. The van der Waals surface area contributed by atoms with Crippen LogP contribution in [0.4, 0.5) is 14.6 Å². The van der Waals surface area contributed by atoms with Crippen LogP contribution in [0, 0.1) is 24.0 Å². The van der Waals surface area contributed by atoms with Gasteiger partial charge in [0.2, 0.25) is 5.91 Å². The third-order valence-electron chi connectivity index (χ3n) is 9.62. The predicted octanol–water partition coefficient (Wildman–Crippen LogP) is 4.88. The quantitative estimate of drug-likeness (QED) is 0.319. The molecule has 2 aromatic heterocycles. The molecule has 3 saturated heterocycles. The van der Waals surface area contributed by atoms with Crippen molar-refractivity contribution in [1.29, 1.82) is 0 Å². The Labute approximate surface area is 259 Å². The van der Waals surface area contributed by atoms with Crippen LogP contribution < -0.4 is 9.64 Å². The Bertz CT molecular complexity index is 1870. The second kappa shape index (κ2) is 11.4. The molecular weight excluding hydrogens is 578 g/mol. The van der Waals surface area contributed by atoms with Crippen molar-refractivity contribution in [2.45, 2.75) is 44.6 Å². The lowest BCUT2D eigenvalue weighted by Gasteiger charge is -2.31. The normalized spacial score (nSPS) is 18.3. The van der Waals surface area contributed by atoms with Crippen LogP contribution in [0.15, 0.2) is 30.5 Å². The molecule has 11 heteroatoms. The number of anilines is 1. The van der Waals surface area contributed by atoms with Gasteiger partial charge in [0.1, 0.15) is 35.2 Å². The van der Waals surface area contributed by atoms with E-state index in [1.54, 1.807) is 11.8 Å². The Morgan fingerprint density at radius 1 is 1.07 bits per heavy atom. The fourth-order valence-electron chi connectivity index (χ4n) is 7.37. The van der Waals surface area contributed by atoms with Gasteiger partial charge in [0, 0.05) is 50.2 Å². The first-order valence-electron chi connectivity index (χ1n) is 15.4. The Hall–Kier alpha value is -4.56. The van der Waals surface area contributed by atoms with Crippen molar-refractivity contribution in [2.75, 3.05) is 50.8 Å². The highest BCUT2D eigenvalue weighted by atomic mass is 19.1. The van der Waals surface area contributed by atoms with Crippen LogP contribution in [0.1, 0.15) is 44.6 Å². The molecule has 9 nitrogen and oxygen atoms in total. The standard InChI is InChI=1S/C34H34F2N6O3/c1-3-24-27(35)8-7-22-17-23(44)18-25(28(22)24)30-29(36)31-26(19-37-30)32(41-12-6-11-40(15-16-41)21(2)43)39-33(38-31)45-20-34-9-4-13-42(34)14-5-10-34/h1,7-8,17-19,44H,4-6,9-16,20H2,2H3. The van der Waals surface area contributed by atoms with Crippen molar-refractivity contribution < 1.29 is 23.4 Å². The zero-order valence-corrected chi connectivity index (χ0v) is 25.2. The minimum Gasteiger partial charge on any atom is -0.508 e. The number of aromatic hydroxyl groups is 1. The first kappa shape index (κ1) is 29.2. The summed E-state index contributed by atoms with van der Waals surface area (Å²) in [4.78, 5) is 32.3. The third-order valence-corrected chi connectivity index (χ3v) is 9.62. The fraction of sp³-hybridized carbons (Fsp3) is 0.412. The SMILES string of the molecule is C#Cc1c(F)ccc2cc(O)cc(-c3ncc4c(N5CCCN(C(C)=O)CC5)nc(OCC56CCCN5CCC6)nc4c3F)c12. The molecule has 3 aliphatic rings. The number of carbonyl (C=O) groups excluding carboxylic acids is 1. The molecule has 1 amide bonds. The first-order chi connectivity index (χ1) is 21.8. The average molecular weight is 613 g/mol. The molecule has 2 aromatic carbocycles. The van der Waals surface area contributed by atoms with Crippen LogP contribution in [0.3, 0.4) is 0 Å². The molecule has 232 valence electrons. The number of hydrogen-bond acceptors (Lipinski definition) is 8. The Kier molecular flexibility index (Phi) is 7.40. The molecule has 0 atom stereocenters. The fourth-order valence-corrected chi connectivity index (χ4v) is 7.37. The van der Waals surface area contributed by atoms with Crippen LogP contribution in [0.25, 0.3) is 32.9 Å². The summed E-state index contributed by atoms with van der Waals surface area (Å²) < 4.78 is 37.9. The van der Waals surface area contributed by atoms with Crippen LogP contribution in [-0.2, 0) is 4.79 Å². The van der Waals surface area contributed by atoms with Crippen LogP contribution in [0.2, 0.25) is 0 Å². The van der Waals surface area contributed by atoms with E-state index in [-0.39, 0.29) is 50.9 Å². The molecule has 5 heterocycles. The van der Waals surface area contributed by atoms with Crippen molar-refractivity contribution in [3.05, 3.63) is 47.7 Å². The number of hydrogen-bond donors (Lipinski definition) is 1. The van der Waals surface area contributed by atoms with Crippen molar-refractivity contribution >= 4 is 33.4 Å². The minimum absolute atomic E-state index is 0.00354. The number of terminal acetylenes is 1. The molecule has 0 spiro atoms. The molecule has 0 unspecified atom stereocenters. The van der Waals surface area contributed by atoms with Gasteiger partial charge >= 0.3 is 6.01 Å². The molecule has 45 heavy (non-hydrogen) atoms. The smallest absolute Gasteiger partial charge is 0.319 e. The molecule has 0 radical (unpaired) electrons. The van der Waals surface area contributed by atoms with E-state index in [0.717, 1.165) is 38.8 Å². The van der Waals surface area contributed by atoms with Gasteiger partial charge in [-0.3, -0.25) is 14.7 Å². The van der Waals surface area contributed by atoms with Gasteiger partial charge in [-0.2, -0.15) is 9.97 Å². The van der Waals surface area contributed by atoms with Gasteiger partial charge in [-0.05, 0) is 68.8 Å². The van der Waals surface area contributed by atoms with Gasteiger partial charge in [0.25, 0.3) is 0 Å². The number of halogens is 2. The monoisotopic (exact) mass is 612 g/mol. The predicted molar refractivity (Wildman–Crippen MR) is 167 cm³/mol. The maximum absolute atomic E-state index is 16.8. The van der Waals surface area contributed by atoms with E-state index in [2.05, 4.69) is 20.8 Å². The zero-order valence-electron chi connectivity index (χ0n) is 25.2. The van der Waals surface area contributed by atoms with Gasteiger partial charge in [0.15, 0.2) is 5.82 Å². The van der Waals surface area contributed by atoms with E-state index >= 15 is 4.39 Å². The number of benzene rings is 2. The maximum atomic E-state index is 16.8. The lowest BCUT2D eigenvalue weighted by Crippen LogP contribution is -2.43. The van der Waals surface area contributed by atoms with Crippen LogP contribution in [-0.4, -0.2) is 87.2 Å². The highest BCUT2D eigenvalue weighted by Crippen LogP contribution is 2.41. The van der Waals surface area contributed by atoms with E-state index in [0.29, 0.717) is 55.8 Å². The number of rotatable bonds is 5. The molecule has 0 saturated carbocycles. The number of nitrogens with zero attached hydrogens (tertiary/aromatic N) is 6. The largest absolute Gasteiger partial charge is 0.508 e. The van der Waals surface area contributed by atoms with Gasteiger partial charge < -0.3 is 19.6 Å². The number of fused-ring (bicyclic) bond motifs is 3. The number of phenolic OH excluding ortho intramolecular Hbond substituents is 1. The van der Waals surface area contributed by atoms with E-state index in [1.165, 1.54) is 30.5 Å². The summed E-state index contributed by atoms with van der Waals surface area (Å²) in [7, 11) is 0. The molecule has 0 bridgehead atoms. The molecule has 7 rings (SSSR count). The summed E-state index contributed by atoms with van der Waals surface area (Å²) in [5.41, 5.74) is -0.0992. The molecule has 3 fully saturated rings. The Balaban J connectivity index is 1.37. The van der Waals surface area contributed by atoms with Gasteiger partial charge in [-0.15, -0.1) is 6.42 Å². The van der Waals surface area contributed by atoms with Crippen molar-refractivity contribution in [2.24, 2.45) is 0 Å². The average Bonchev–Trinajstić information content (AvgIpc) is 3.51. The van der Waals surface area contributed by atoms with Gasteiger partial charge in [0.05, 0.1) is 16.5 Å². The summed E-state index contributed by atoms with van der Waals surface area (Å²) in [5.74, 6) is 1.31. The summed E-state index contributed by atoms with van der Waals surface area (Å²) in [5, 5.41) is 11.6. The lowest BCUT2D eigenvalue weighted by molar-refractivity contribution is -0.128. The topological polar surface area (TPSA) is 94.9 Å². The van der Waals surface area contributed by atoms with E-state index in [4.69, 9.17) is 16.1 Å². The van der Waals surface area contributed by atoms with Crippen molar-refractivity contribution in [3.8, 4) is 35.4 Å². The second-order valence-electron chi connectivity index (χ2n) is 12.2. The second-order valence-corrected chi connectivity index (χ2v) is 12.2. The number of pyridine rings is 1. The first-order valence-corrected chi connectivity index (χ1v) is 15.4. The molecule has 3 aliphatic heterocycles.